The van der Waals surface area contributed by atoms with Crippen molar-refractivity contribution in [2.24, 2.45) is 0 Å². The highest BCUT2D eigenvalue weighted by molar-refractivity contribution is 9.08. The second-order valence-corrected chi connectivity index (χ2v) is 2.91. The Morgan fingerprint density at radius 3 is 2.69 bits per heavy atom. The number of hydrogen-bond acceptors (Lipinski definition) is 2. The quantitative estimate of drug-likeness (QED) is 0.792. The summed E-state index contributed by atoms with van der Waals surface area (Å²) in [6.45, 7) is 0. The molecule has 6 heteroatoms. The molecule has 1 heterocycles. The van der Waals surface area contributed by atoms with Gasteiger partial charge in [0.1, 0.15) is 0 Å². The second kappa shape index (κ2) is 3.87. The van der Waals surface area contributed by atoms with Crippen LogP contribution in [0.15, 0.2) is 10.9 Å². The average Bonchev–Trinajstić information content (AvgIpc) is 2.02. The summed E-state index contributed by atoms with van der Waals surface area (Å²) in [7, 11) is 0. The van der Waals surface area contributed by atoms with Crippen molar-refractivity contribution in [3.05, 3.63) is 27.5 Å². The van der Waals surface area contributed by atoms with Crippen LogP contribution in [0.2, 0.25) is 0 Å². The lowest BCUT2D eigenvalue weighted by atomic mass is 10.1. The summed E-state index contributed by atoms with van der Waals surface area (Å²) >= 11 is 2.94. The molecule has 1 aromatic rings. The number of pyridine rings is 1. The number of hydrogen-bond donors (Lipinski definition) is 2. The first kappa shape index (κ1) is 10.2. The van der Waals surface area contributed by atoms with Crippen LogP contribution < -0.4 is 5.56 Å². The fourth-order valence-electron chi connectivity index (χ4n) is 0.928. The van der Waals surface area contributed by atoms with E-state index in [2.05, 4.69) is 15.9 Å². The van der Waals surface area contributed by atoms with E-state index < -0.39 is 23.4 Å². The lowest BCUT2D eigenvalue weighted by Crippen LogP contribution is -2.08. The van der Waals surface area contributed by atoms with E-state index in [1.807, 2.05) is 4.98 Å². The summed E-state index contributed by atoms with van der Waals surface area (Å²) in [5.74, 6) is -0.514. The first-order valence-electron chi connectivity index (χ1n) is 3.35. The van der Waals surface area contributed by atoms with Crippen LogP contribution in [-0.4, -0.2) is 10.1 Å². The van der Waals surface area contributed by atoms with Gasteiger partial charge in [-0.15, -0.1) is 0 Å². The second-order valence-electron chi connectivity index (χ2n) is 2.35. The van der Waals surface area contributed by atoms with Gasteiger partial charge in [0.25, 0.3) is 12.0 Å². The highest BCUT2D eigenvalue weighted by atomic mass is 79.9. The Morgan fingerprint density at radius 2 is 2.23 bits per heavy atom. The van der Waals surface area contributed by atoms with Gasteiger partial charge >= 0.3 is 0 Å². The molecule has 0 saturated heterocycles. The minimum atomic E-state index is -2.76. The molecule has 0 aliphatic heterocycles. The fraction of sp³-hybridized carbons (Fsp3) is 0.286. The average molecular weight is 254 g/mol. The number of aromatic hydroxyl groups is 1. The molecule has 0 aliphatic rings. The lowest BCUT2D eigenvalue weighted by Gasteiger charge is -2.06. The molecule has 1 aromatic heterocycles. The van der Waals surface area contributed by atoms with Crippen LogP contribution >= 0.6 is 15.9 Å². The first-order valence-corrected chi connectivity index (χ1v) is 4.47. The maximum Gasteiger partial charge on any atom is 0.264 e. The molecule has 0 aromatic carbocycles. The van der Waals surface area contributed by atoms with Crippen LogP contribution in [0.1, 0.15) is 17.6 Å². The number of alkyl halides is 3. The minimum Gasteiger partial charge on any atom is -0.494 e. The molecule has 0 radical (unpaired) electrons. The smallest absolute Gasteiger partial charge is 0.264 e. The molecule has 0 amide bonds. The summed E-state index contributed by atoms with van der Waals surface area (Å²) in [4.78, 5) is 12.7. The molecule has 3 nitrogen and oxygen atoms in total. The van der Waals surface area contributed by atoms with Gasteiger partial charge in [-0.1, -0.05) is 15.9 Å². The molecule has 0 saturated carbocycles. The molecule has 0 fully saturated rings. The Labute approximate surface area is 80.5 Å². The number of rotatable bonds is 2. The zero-order chi connectivity index (χ0) is 10.0. The standard InChI is InChI=1S/C7H6BrF2NO2/c8-2-4-3(6(9)10)1-5(12)11-7(4)13/h1,6H,2H2,(H2,11,12,13). The van der Waals surface area contributed by atoms with E-state index >= 15 is 0 Å². The SMILES string of the molecule is O=c1cc(C(F)F)c(CBr)c(O)[nH]1. The highest BCUT2D eigenvalue weighted by Crippen LogP contribution is 2.27. The number of aromatic nitrogens is 1. The van der Waals surface area contributed by atoms with Gasteiger partial charge in [-0.3, -0.25) is 9.78 Å². The number of nitrogens with one attached hydrogen (secondary N) is 1. The van der Waals surface area contributed by atoms with Crippen LogP contribution in [-0.2, 0) is 5.33 Å². The van der Waals surface area contributed by atoms with E-state index in [1.54, 1.807) is 0 Å². The monoisotopic (exact) mass is 253 g/mol. The Morgan fingerprint density at radius 1 is 1.62 bits per heavy atom. The molecule has 13 heavy (non-hydrogen) atoms. The predicted molar refractivity (Wildman–Crippen MR) is 46.3 cm³/mol. The molecule has 2 N–H and O–H groups in total. The van der Waals surface area contributed by atoms with Gasteiger partial charge in [0, 0.05) is 22.5 Å². The largest absolute Gasteiger partial charge is 0.494 e. The van der Waals surface area contributed by atoms with Crippen LogP contribution in [0.3, 0.4) is 0 Å². The summed E-state index contributed by atoms with van der Waals surface area (Å²) in [5.41, 5.74) is -1.18. The van der Waals surface area contributed by atoms with Gasteiger partial charge in [-0.25, -0.2) is 8.78 Å². The predicted octanol–water partition coefficient (Wildman–Crippen LogP) is 1.91. The Bertz CT molecular complexity index is 364. The van der Waals surface area contributed by atoms with Crippen molar-refractivity contribution in [2.45, 2.75) is 11.8 Å². The third-order valence-electron chi connectivity index (χ3n) is 1.53. The molecular formula is C7H6BrF2NO2. The van der Waals surface area contributed by atoms with E-state index in [9.17, 15) is 13.6 Å². The van der Waals surface area contributed by atoms with Gasteiger partial charge in [0.2, 0.25) is 0 Å². The van der Waals surface area contributed by atoms with E-state index in [0.717, 1.165) is 6.07 Å². The summed E-state index contributed by atoms with van der Waals surface area (Å²) in [6, 6.07) is 0.779. The van der Waals surface area contributed by atoms with Crippen molar-refractivity contribution in [1.82, 2.24) is 4.98 Å². The molecule has 0 aliphatic carbocycles. The maximum atomic E-state index is 12.3. The van der Waals surface area contributed by atoms with Crippen LogP contribution in [0.4, 0.5) is 8.78 Å². The molecule has 1 rings (SSSR count). The molecule has 0 bridgehead atoms. The van der Waals surface area contributed by atoms with Gasteiger partial charge in [0.15, 0.2) is 5.88 Å². The Hall–Kier alpha value is -0.910. The third kappa shape index (κ3) is 2.06. The normalized spacial score (nSPS) is 10.8. The van der Waals surface area contributed by atoms with Crippen molar-refractivity contribution >= 4 is 15.9 Å². The van der Waals surface area contributed by atoms with Crippen molar-refractivity contribution in [2.75, 3.05) is 0 Å². The van der Waals surface area contributed by atoms with Crippen molar-refractivity contribution in [1.29, 1.82) is 0 Å². The van der Waals surface area contributed by atoms with E-state index in [1.165, 1.54) is 0 Å². The van der Waals surface area contributed by atoms with E-state index in [-0.39, 0.29) is 10.9 Å². The summed E-state index contributed by atoms with van der Waals surface area (Å²) < 4.78 is 24.6. The zero-order valence-electron chi connectivity index (χ0n) is 6.35. The number of aromatic amines is 1. The molecule has 72 valence electrons. The van der Waals surface area contributed by atoms with Gasteiger partial charge in [-0.2, -0.15) is 0 Å². The first-order chi connectivity index (χ1) is 6.06. The number of halogens is 3. The maximum absolute atomic E-state index is 12.3. The Kier molecular flexibility index (Phi) is 3.02. The molecule has 0 unspecified atom stereocenters. The molecule has 0 spiro atoms. The lowest BCUT2D eigenvalue weighted by molar-refractivity contribution is 0.149. The third-order valence-corrected chi connectivity index (χ3v) is 2.09. The van der Waals surface area contributed by atoms with Crippen molar-refractivity contribution in [3.8, 4) is 5.88 Å². The number of H-pyrrole nitrogens is 1. The summed E-state index contributed by atoms with van der Waals surface area (Å²) in [5, 5.41) is 9.17. The highest BCUT2D eigenvalue weighted by Gasteiger charge is 2.16. The van der Waals surface area contributed by atoms with E-state index in [0.29, 0.717) is 0 Å². The zero-order valence-corrected chi connectivity index (χ0v) is 7.94. The fourth-order valence-corrected chi connectivity index (χ4v) is 1.52. The van der Waals surface area contributed by atoms with E-state index in [4.69, 9.17) is 5.11 Å². The molecule has 0 atom stereocenters. The van der Waals surface area contributed by atoms with Crippen LogP contribution in [0, 0.1) is 0 Å². The van der Waals surface area contributed by atoms with Crippen LogP contribution in [0.5, 0.6) is 5.88 Å². The van der Waals surface area contributed by atoms with Gasteiger partial charge in [0.05, 0.1) is 0 Å². The minimum absolute atomic E-state index is 0.00889. The van der Waals surface area contributed by atoms with Crippen molar-refractivity contribution < 1.29 is 13.9 Å². The van der Waals surface area contributed by atoms with Crippen LogP contribution in [0.25, 0.3) is 0 Å². The topological polar surface area (TPSA) is 53.1 Å². The molecular weight excluding hydrogens is 248 g/mol. The summed E-state index contributed by atoms with van der Waals surface area (Å²) in [6.07, 6.45) is -2.76. The van der Waals surface area contributed by atoms with Gasteiger partial charge < -0.3 is 5.11 Å². The Balaban J connectivity index is 3.38. The van der Waals surface area contributed by atoms with Gasteiger partial charge in [-0.05, 0) is 0 Å². The van der Waals surface area contributed by atoms with Crippen molar-refractivity contribution in [3.63, 3.8) is 0 Å².